The van der Waals surface area contributed by atoms with E-state index < -0.39 is 19.9 Å². The lowest BCUT2D eigenvalue weighted by molar-refractivity contribution is -0.228. The van der Waals surface area contributed by atoms with E-state index in [0.29, 0.717) is 25.7 Å². The minimum Gasteiger partial charge on any atom is -0.348 e. The zero-order chi connectivity index (χ0) is 24.0. The number of phosphoric acid groups is 1. The van der Waals surface area contributed by atoms with Gasteiger partial charge in [-0.1, -0.05) is 73.5 Å². The Balaban J connectivity index is 1.70. The Morgan fingerprint density at radius 2 is 1.33 bits per heavy atom. The smallest absolute Gasteiger partial charge is 0.348 e. The molecular weight excluding hydrogens is 462 g/mol. The van der Waals surface area contributed by atoms with Crippen molar-refractivity contribution < 1.29 is 41.1 Å². The van der Waals surface area contributed by atoms with Gasteiger partial charge >= 0.3 is 19.9 Å². The van der Waals surface area contributed by atoms with Gasteiger partial charge in [0, 0.05) is 6.54 Å². The zero-order valence-electron chi connectivity index (χ0n) is 18.0. The average Bonchev–Trinajstić information content (AvgIpc) is 2.81. The van der Waals surface area contributed by atoms with E-state index in [1.807, 2.05) is 41.7 Å². The maximum atomic E-state index is 13.0. The van der Waals surface area contributed by atoms with E-state index in [4.69, 9.17) is 18.6 Å². The average molecular weight is 489 g/mol. The standard InChI is InChI=1S/C22H27F3NO6P/c23-22(24,25)21(27)26-15-9-1-2-10-16-29-32-33(28,30-17-19-11-5-3-6-12-19)31-18-20-13-7-4-8-14-20/h3-8,11-14H,1-2,9-10,15-18H2,(H,26,27). The quantitative estimate of drug-likeness (QED) is 0.149. The first-order valence-electron chi connectivity index (χ1n) is 10.4. The third kappa shape index (κ3) is 11.5. The van der Waals surface area contributed by atoms with Crippen LogP contribution in [0.25, 0.3) is 0 Å². The molecule has 0 radical (unpaired) electrons. The number of phosphoric ester groups is 1. The first kappa shape index (κ1) is 27.0. The molecule has 0 fully saturated rings. The number of hydrogen-bond donors (Lipinski definition) is 1. The van der Waals surface area contributed by atoms with Gasteiger partial charge in [-0.2, -0.15) is 13.2 Å². The molecule has 0 atom stereocenters. The van der Waals surface area contributed by atoms with E-state index in [1.54, 1.807) is 24.3 Å². The van der Waals surface area contributed by atoms with Gasteiger partial charge in [-0.25, -0.2) is 9.45 Å². The van der Waals surface area contributed by atoms with Crippen molar-refractivity contribution in [3.8, 4) is 0 Å². The maximum absolute atomic E-state index is 13.0. The topological polar surface area (TPSA) is 83.1 Å². The molecule has 33 heavy (non-hydrogen) atoms. The summed E-state index contributed by atoms with van der Waals surface area (Å²) < 4.78 is 65.0. The van der Waals surface area contributed by atoms with Gasteiger partial charge < -0.3 is 5.32 Å². The second kappa shape index (κ2) is 14.1. The highest BCUT2D eigenvalue weighted by atomic mass is 31.2. The van der Waals surface area contributed by atoms with Crippen LogP contribution >= 0.6 is 7.82 Å². The molecule has 0 aliphatic heterocycles. The summed E-state index contributed by atoms with van der Waals surface area (Å²) in [5.74, 6) is -1.94. The Kier molecular flexibility index (Phi) is 11.6. The minimum absolute atomic E-state index is 0.0000859. The lowest BCUT2D eigenvalue weighted by atomic mass is 10.2. The van der Waals surface area contributed by atoms with Crippen LogP contribution in [0.3, 0.4) is 0 Å². The molecule has 2 rings (SSSR count). The van der Waals surface area contributed by atoms with Crippen molar-refractivity contribution in [3.05, 3.63) is 71.8 Å². The number of halogens is 3. The SMILES string of the molecule is O=C(NCCCCCCOOP(=O)(OCc1ccccc1)OCc1ccccc1)C(F)(F)F. The number of nitrogens with one attached hydrogen (secondary N) is 1. The molecule has 7 nitrogen and oxygen atoms in total. The van der Waals surface area contributed by atoms with Crippen LogP contribution in [0.15, 0.2) is 60.7 Å². The Hall–Kier alpha value is -2.23. The molecule has 0 spiro atoms. The van der Waals surface area contributed by atoms with Crippen LogP contribution in [0.4, 0.5) is 13.2 Å². The van der Waals surface area contributed by atoms with Crippen LogP contribution in [0.2, 0.25) is 0 Å². The normalized spacial score (nSPS) is 12.0. The first-order valence-corrected chi connectivity index (χ1v) is 11.9. The fraction of sp³-hybridized carbons (Fsp3) is 0.409. The van der Waals surface area contributed by atoms with Crippen LogP contribution in [0.5, 0.6) is 0 Å². The fourth-order valence-electron chi connectivity index (χ4n) is 2.58. The molecule has 2 aromatic carbocycles. The molecule has 0 aliphatic carbocycles. The monoisotopic (exact) mass is 489 g/mol. The third-order valence-corrected chi connectivity index (χ3v) is 5.48. The van der Waals surface area contributed by atoms with Crippen molar-refractivity contribution in [1.29, 1.82) is 0 Å². The van der Waals surface area contributed by atoms with Crippen LogP contribution in [0, 0.1) is 0 Å². The molecule has 0 aliphatic rings. The second-order valence-corrected chi connectivity index (χ2v) is 8.59. The summed E-state index contributed by atoms with van der Waals surface area (Å²) in [7, 11) is -4.02. The number of alkyl halides is 3. The highest BCUT2D eigenvalue weighted by Gasteiger charge is 2.38. The molecule has 0 aromatic heterocycles. The van der Waals surface area contributed by atoms with E-state index in [2.05, 4.69) is 0 Å². The van der Waals surface area contributed by atoms with Gasteiger partial charge in [0.05, 0.1) is 19.8 Å². The molecule has 0 saturated carbocycles. The lowest BCUT2D eigenvalue weighted by Gasteiger charge is -2.17. The van der Waals surface area contributed by atoms with Gasteiger partial charge in [-0.15, -0.1) is 4.67 Å². The second-order valence-electron chi connectivity index (χ2n) is 7.03. The summed E-state index contributed by atoms with van der Waals surface area (Å²) in [6.45, 7) is 0.0215. The van der Waals surface area contributed by atoms with Crippen molar-refractivity contribution in [3.63, 3.8) is 0 Å². The van der Waals surface area contributed by atoms with Crippen molar-refractivity contribution in [1.82, 2.24) is 5.32 Å². The van der Waals surface area contributed by atoms with E-state index in [9.17, 15) is 22.5 Å². The van der Waals surface area contributed by atoms with Crippen LogP contribution in [0.1, 0.15) is 36.8 Å². The Bertz CT molecular complexity index is 820. The van der Waals surface area contributed by atoms with E-state index in [1.165, 1.54) is 0 Å². The lowest BCUT2D eigenvalue weighted by Crippen LogP contribution is -2.37. The van der Waals surface area contributed by atoms with Crippen molar-refractivity contribution in [2.45, 2.75) is 45.1 Å². The summed E-state index contributed by atoms with van der Waals surface area (Å²) in [4.78, 5) is 15.7. The predicted molar refractivity (Wildman–Crippen MR) is 115 cm³/mol. The largest absolute Gasteiger partial charge is 0.502 e. The van der Waals surface area contributed by atoms with Gasteiger partial charge in [0.1, 0.15) is 0 Å². The molecule has 0 saturated heterocycles. The van der Waals surface area contributed by atoms with Gasteiger partial charge in [0.15, 0.2) is 0 Å². The van der Waals surface area contributed by atoms with Gasteiger partial charge in [-0.05, 0) is 24.0 Å². The minimum atomic E-state index is -4.87. The fourth-order valence-corrected chi connectivity index (χ4v) is 3.56. The molecule has 0 heterocycles. The van der Waals surface area contributed by atoms with Gasteiger partial charge in [0.25, 0.3) is 0 Å². The number of unbranched alkanes of at least 4 members (excludes halogenated alkanes) is 3. The van der Waals surface area contributed by atoms with E-state index in [0.717, 1.165) is 11.1 Å². The summed E-state index contributed by atoms with van der Waals surface area (Å²) in [5, 5.41) is 1.81. The van der Waals surface area contributed by atoms with E-state index >= 15 is 0 Å². The molecular formula is C22H27F3NO6P. The summed E-state index contributed by atoms with van der Waals surface area (Å²) in [6.07, 6.45) is -2.78. The molecule has 1 amide bonds. The summed E-state index contributed by atoms with van der Waals surface area (Å²) >= 11 is 0. The van der Waals surface area contributed by atoms with Crippen molar-refractivity contribution in [2.75, 3.05) is 13.2 Å². The molecule has 1 N–H and O–H groups in total. The van der Waals surface area contributed by atoms with Crippen LogP contribution < -0.4 is 5.32 Å². The molecule has 2 aromatic rings. The van der Waals surface area contributed by atoms with E-state index in [-0.39, 0.29) is 26.4 Å². The van der Waals surface area contributed by atoms with Gasteiger partial charge in [0.2, 0.25) is 0 Å². The number of carbonyl (C=O) groups excluding carboxylic acids is 1. The van der Waals surface area contributed by atoms with Gasteiger partial charge in [-0.3, -0.25) is 13.8 Å². The summed E-state index contributed by atoms with van der Waals surface area (Å²) in [5.41, 5.74) is 1.56. The third-order valence-electron chi connectivity index (χ3n) is 4.31. The number of carbonyl (C=O) groups is 1. The summed E-state index contributed by atoms with van der Waals surface area (Å²) in [6, 6.07) is 18.2. The molecule has 11 heteroatoms. The molecule has 0 bridgehead atoms. The van der Waals surface area contributed by atoms with Crippen LogP contribution in [-0.4, -0.2) is 25.2 Å². The van der Waals surface area contributed by atoms with Crippen molar-refractivity contribution in [2.24, 2.45) is 0 Å². The number of benzene rings is 2. The predicted octanol–water partition coefficient (Wildman–Crippen LogP) is 5.72. The Labute approximate surface area is 190 Å². The highest BCUT2D eigenvalue weighted by Crippen LogP contribution is 2.51. The molecule has 182 valence electrons. The molecule has 0 unspecified atom stereocenters. The van der Waals surface area contributed by atoms with Crippen LogP contribution in [-0.2, 0) is 41.2 Å². The Morgan fingerprint density at radius 3 is 1.85 bits per heavy atom. The van der Waals surface area contributed by atoms with Crippen molar-refractivity contribution >= 4 is 13.7 Å². The first-order chi connectivity index (χ1) is 15.8. The number of amides is 1. The number of rotatable bonds is 15. The maximum Gasteiger partial charge on any atom is 0.502 e. The number of hydrogen-bond acceptors (Lipinski definition) is 6. The Morgan fingerprint density at radius 1 is 0.818 bits per heavy atom. The zero-order valence-corrected chi connectivity index (χ0v) is 18.9. The highest BCUT2D eigenvalue weighted by molar-refractivity contribution is 7.48.